The molecule has 140 valence electrons. The van der Waals surface area contributed by atoms with E-state index in [0.717, 1.165) is 23.5 Å². The zero-order valence-corrected chi connectivity index (χ0v) is 15.4. The number of ether oxygens (including phenoxy) is 1. The first-order valence-electron chi connectivity index (χ1n) is 9.35. The maximum atomic E-state index is 12.7. The van der Waals surface area contributed by atoms with Crippen LogP contribution in [0.5, 0.6) is 5.75 Å². The van der Waals surface area contributed by atoms with Crippen LogP contribution in [0.2, 0.25) is 0 Å². The second-order valence-corrected chi connectivity index (χ2v) is 6.81. The van der Waals surface area contributed by atoms with Gasteiger partial charge in [-0.3, -0.25) is 9.69 Å². The number of para-hydroxylation sites is 1. The van der Waals surface area contributed by atoms with Gasteiger partial charge in [0.25, 0.3) is 0 Å². The smallest absolute Gasteiger partial charge is 0.322 e. The molecule has 2 aromatic carbocycles. The maximum Gasteiger partial charge on any atom is 0.322 e. The number of hydrogen-bond acceptors (Lipinski definition) is 3. The molecule has 2 aromatic rings. The van der Waals surface area contributed by atoms with Crippen molar-refractivity contribution in [1.29, 1.82) is 0 Å². The third kappa shape index (κ3) is 3.47. The van der Waals surface area contributed by atoms with Gasteiger partial charge in [0.2, 0.25) is 5.91 Å². The van der Waals surface area contributed by atoms with Crippen LogP contribution in [-0.2, 0) is 11.2 Å². The lowest BCUT2D eigenvalue weighted by atomic mass is 10.2. The monoisotopic (exact) mass is 365 g/mol. The minimum Gasteiger partial charge on any atom is -0.494 e. The number of carbonyl (C=O) groups excluding carboxylic acids is 2. The van der Waals surface area contributed by atoms with Crippen molar-refractivity contribution in [3.05, 3.63) is 54.1 Å². The molecule has 1 fully saturated rings. The van der Waals surface area contributed by atoms with Gasteiger partial charge in [0.05, 0.1) is 12.6 Å². The lowest BCUT2D eigenvalue weighted by Crippen LogP contribution is -2.45. The summed E-state index contributed by atoms with van der Waals surface area (Å²) in [4.78, 5) is 28.6. The van der Waals surface area contributed by atoms with E-state index in [4.69, 9.17) is 4.74 Å². The number of nitrogens with one attached hydrogen (secondary N) is 1. The second kappa shape index (κ2) is 7.31. The van der Waals surface area contributed by atoms with Crippen molar-refractivity contribution in [3.63, 3.8) is 0 Å². The van der Waals surface area contributed by atoms with Gasteiger partial charge < -0.3 is 15.0 Å². The molecule has 0 aliphatic carbocycles. The molecule has 0 bridgehead atoms. The van der Waals surface area contributed by atoms with Gasteiger partial charge in [-0.25, -0.2) is 4.79 Å². The van der Waals surface area contributed by atoms with E-state index < -0.39 is 0 Å². The highest BCUT2D eigenvalue weighted by Gasteiger charge is 2.33. The summed E-state index contributed by atoms with van der Waals surface area (Å²) >= 11 is 0. The summed E-state index contributed by atoms with van der Waals surface area (Å²) in [6.07, 6.45) is 1.18. The van der Waals surface area contributed by atoms with Crippen molar-refractivity contribution in [3.8, 4) is 5.75 Å². The molecule has 6 nitrogen and oxygen atoms in total. The molecular weight excluding hydrogens is 342 g/mol. The van der Waals surface area contributed by atoms with Crippen LogP contribution in [0.1, 0.15) is 18.9 Å². The molecule has 2 aliphatic rings. The fourth-order valence-corrected chi connectivity index (χ4v) is 3.74. The first-order chi connectivity index (χ1) is 13.2. The van der Waals surface area contributed by atoms with Crippen LogP contribution in [0.4, 0.5) is 16.2 Å². The molecule has 0 radical (unpaired) electrons. The van der Waals surface area contributed by atoms with Crippen LogP contribution in [-0.4, -0.2) is 37.7 Å². The predicted octanol–water partition coefficient (Wildman–Crippen LogP) is 2.96. The second-order valence-electron chi connectivity index (χ2n) is 6.81. The van der Waals surface area contributed by atoms with Crippen molar-refractivity contribution < 1.29 is 14.3 Å². The Labute approximate surface area is 158 Å². The van der Waals surface area contributed by atoms with E-state index in [2.05, 4.69) is 11.4 Å². The normalized spacial score (nSPS) is 18.6. The number of anilines is 2. The van der Waals surface area contributed by atoms with E-state index in [1.807, 2.05) is 49.4 Å². The van der Waals surface area contributed by atoms with E-state index in [0.29, 0.717) is 26.1 Å². The molecule has 2 aliphatic heterocycles. The first kappa shape index (κ1) is 17.4. The Bertz CT molecular complexity index is 850. The summed E-state index contributed by atoms with van der Waals surface area (Å²) in [6, 6.07) is 15.1. The molecule has 1 saturated heterocycles. The Hall–Kier alpha value is -3.02. The fourth-order valence-electron chi connectivity index (χ4n) is 3.74. The molecule has 6 heteroatoms. The lowest BCUT2D eigenvalue weighted by molar-refractivity contribution is -0.117. The zero-order valence-electron chi connectivity index (χ0n) is 15.4. The Morgan fingerprint density at radius 3 is 2.74 bits per heavy atom. The van der Waals surface area contributed by atoms with Crippen LogP contribution >= 0.6 is 0 Å². The largest absolute Gasteiger partial charge is 0.494 e. The number of carbonyl (C=O) groups is 2. The Kier molecular flexibility index (Phi) is 4.71. The Morgan fingerprint density at radius 2 is 1.96 bits per heavy atom. The molecule has 1 N–H and O–H groups in total. The SMILES string of the molecule is CCOc1ccc(N2C[C@@H](NC(=O)N3CCc4ccccc43)CC2=O)cc1. The van der Waals surface area contributed by atoms with E-state index in [-0.39, 0.29) is 18.0 Å². The highest BCUT2D eigenvalue weighted by molar-refractivity contribution is 5.98. The Morgan fingerprint density at radius 1 is 1.19 bits per heavy atom. The predicted molar refractivity (Wildman–Crippen MR) is 104 cm³/mol. The number of rotatable bonds is 4. The van der Waals surface area contributed by atoms with Crippen LogP contribution in [0.25, 0.3) is 0 Å². The van der Waals surface area contributed by atoms with Crippen LogP contribution < -0.4 is 19.9 Å². The number of nitrogens with zero attached hydrogens (tertiary/aromatic N) is 2. The fraction of sp³-hybridized carbons (Fsp3) is 0.333. The van der Waals surface area contributed by atoms with Gasteiger partial charge in [0.15, 0.2) is 0 Å². The molecule has 4 rings (SSSR count). The molecule has 0 spiro atoms. The molecule has 2 heterocycles. The minimum absolute atomic E-state index is 0.0197. The molecule has 3 amide bonds. The van der Waals surface area contributed by atoms with Crippen LogP contribution in [0.15, 0.2) is 48.5 Å². The van der Waals surface area contributed by atoms with E-state index >= 15 is 0 Å². The molecule has 0 saturated carbocycles. The van der Waals surface area contributed by atoms with Gasteiger partial charge in [-0.05, 0) is 49.2 Å². The third-order valence-electron chi connectivity index (χ3n) is 5.04. The van der Waals surface area contributed by atoms with Crippen molar-refractivity contribution in [1.82, 2.24) is 5.32 Å². The number of amides is 3. The Balaban J connectivity index is 1.40. The van der Waals surface area contributed by atoms with Crippen molar-refractivity contribution in [2.24, 2.45) is 0 Å². The summed E-state index contributed by atoms with van der Waals surface area (Å²) in [5.41, 5.74) is 2.97. The summed E-state index contributed by atoms with van der Waals surface area (Å²) < 4.78 is 5.44. The average Bonchev–Trinajstić information content (AvgIpc) is 3.26. The van der Waals surface area contributed by atoms with E-state index in [9.17, 15) is 9.59 Å². The van der Waals surface area contributed by atoms with Crippen LogP contribution in [0.3, 0.4) is 0 Å². The van der Waals surface area contributed by atoms with Crippen molar-refractivity contribution in [2.75, 3.05) is 29.5 Å². The van der Waals surface area contributed by atoms with Crippen molar-refractivity contribution in [2.45, 2.75) is 25.8 Å². The number of fused-ring (bicyclic) bond motifs is 1. The third-order valence-corrected chi connectivity index (χ3v) is 5.04. The molecule has 0 aromatic heterocycles. The first-order valence-corrected chi connectivity index (χ1v) is 9.35. The summed E-state index contributed by atoms with van der Waals surface area (Å²) in [5.74, 6) is 0.803. The highest BCUT2D eigenvalue weighted by atomic mass is 16.5. The van der Waals surface area contributed by atoms with Crippen LogP contribution in [0, 0.1) is 0 Å². The van der Waals surface area contributed by atoms with E-state index in [1.54, 1.807) is 9.80 Å². The van der Waals surface area contributed by atoms with Gasteiger partial charge in [-0.1, -0.05) is 18.2 Å². The standard InChI is InChI=1S/C21H23N3O3/c1-2-27-18-9-7-17(8-10-18)24-14-16(13-20(24)25)22-21(26)23-12-11-15-5-3-4-6-19(15)23/h3-10,16H,2,11-14H2,1H3,(H,22,26)/t16-/m0/s1. The minimum atomic E-state index is -0.190. The van der Waals surface area contributed by atoms with Gasteiger partial charge in [0, 0.05) is 30.9 Å². The van der Waals surface area contributed by atoms with Gasteiger partial charge in [-0.15, -0.1) is 0 Å². The number of urea groups is 1. The molecular formula is C21H23N3O3. The molecule has 1 atom stereocenters. The van der Waals surface area contributed by atoms with E-state index in [1.165, 1.54) is 5.56 Å². The quantitative estimate of drug-likeness (QED) is 0.906. The number of benzene rings is 2. The van der Waals surface area contributed by atoms with Crippen molar-refractivity contribution >= 4 is 23.3 Å². The highest BCUT2D eigenvalue weighted by Crippen LogP contribution is 2.28. The molecule has 0 unspecified atom stereocenters. The average molecular weight is 365 g/mol. The summed E-state index contributed by atoms with van der Waals surface area (Å²) in [6.45, 7) is 3.70. The van der Waals surface area contributed by atoms with Gasteiger partial charge in [0.1, 0.15) is 5.75 Å². The summed E-state index contributed by atoms with van der Waals surface area (Å²) in [5, 5.41) is 3.02. The van der Waals surface area contributed by atoms with Gasteiger partial charge in [-0.2, -0.15) is 0 Å². The molecule has 27 heavy (non-hydrogen) atoms. The lowest BCUT2D eigenvalue weighted by Gasteiger charge is -2.21. The van der Waals surface area contributed by atoms with Gasteiger partial charge >= 0.3 is 6.03 Å². The zero-order chi connectivity index (χ0) is 18.8. The maximum absolute atomic E-state index is 12.7. The number of hydrogen-bond donors (Lipinski definition) is 1. The summed E-state index contributed by atoms with van der Waals surface area (Å²) in [7, 11) is 0. The topological polar surface area (TPSA) is 61.9 Å².